The van der Waals surface area contributed by atoms with Crippen LogP contribution in [0.25, 0.3) is 43.7 Å². The fourth-order valence-electron chi connectivity index (χ4n) is 8.59. The molecule has 4 nitrogen and oxygen atoms in total. The predicted molar refractivity (Wildman–Crippen MR) is 226 cm³/mol. The maximum absolute atomic E-state index is 4.90. The van der Waals surface area contributed by atoms with Gasteiger partial charge >= 0.3 is 0 Å². The molecule has 1 aliphatic rings. The van der Waals surface area contributed by atoms with Crippen LogP contribution in [0.1, 0.15) is 31.4 Å². The molecule has 0 aliphatic carbocycles. The second-order valence-corrected chi connectivity index (χ2v) is 14.4. The first-order valence-corrected chi connectivity index (χ1v) is 18.7. The largest absolute Gasteiger partial charge is 0.310 e. The van der Waals surface area contributed by atoms with Crippen molar-refractivity contribution >= 4 is 66.7 Å². The van der Waals surface area contributed by atoms with Gasteiger partial charge in [0.1, 0.15) is 0 Å². The molecule has 1 aliphatic heterocycles. The smallest absolute Gasteiger partial charge is 0.0971 e. The Kier molecular flexibility index (Phi) is 7.51. The number of fused-ring (bicyclic) bond motifs is 8. The number of rotatable bonds is 6. The maximum atomic E-state index is 4.90. The van der Waals surface area contributed by atoms with Gasteiger partial charge in [-0.3, -0.25) is 9.97 Å². The van der Waals surface area contributed by atoms with Crippen LogP contribution in [-0.4, -0.2) is 9.97 Å². The van der Waals surface area contributed by atoms with Crippen molar-refractivity contribution in [3.63, 3.8) is 0 Å². The molecule has 10 rings (SSSR count). The molecule has 0 spiro atoms. The van der Waals surface area contributed by atoms with Crippen LogP contribution in [0.4, 0.5) is 34.1 Å². The lowest BCUT2D eigenvalue weighted by Gasteiger charge is -2.44. The molecular weight excluding hydrogens is 657 g/mol. The molecule has 0 fully saturated rings. The van der Waals surface area contributed by atoms with Gasteiger partial charge in [-0.15, -0.1) is 0 Å². The molecule has 0 N–H and O–H groups in total. The highest BCUT2D eigenvalue weighted by atomic mass is 15.2. The Morgan fingerprint density at radius 2 is 1.09 bits per heavy atom. The van der Waals surface area contributed by atoms with Gasteiger partial charge in [-0.25, -0.2) is 0 Å². The third-order valence-electron chi connectivity index (χ3n) is 11.4. The zero-order valence-corrected chi connectivity index (χ0v) is 30.3. The second-order valence-electron chi connectivity index (χ2n) is 14.4. The highest BCUT2D eigenvalue weighted by Crippen LogP contribution is 2.55. The third-order valence-corrected chi connectivity index (χ3v) is 11.4. The number of nitrogens with zero attached hydrogens (tertiary/aromatic N) is 4. The van der Waals surface area contributed by atoms with Crippen LogP contribution in [0.5, 0.6) is 0 Å². The molecular formula is C50H38N4. The number of benzene rings is 8. The summed E-state index contributed by atoms with van der Waals surface area (Å²) in [6.45, 7) is 4.72. The molecule has 54 heavy (non-hydrogen) atoms. The zero-order chi connectivity index (χ0) is 36.2. The van der Waals surface area contributed by atoms with Crippen molar-refractivity contribution in [3.05, 3.63) is 193 Å². The van der Waals surface area contributed by atoms with Crippen LogP contribution >= 0.6 is 0 Å². The van der Waals surface area contributed by atoms with E-state index in [1.54, 1.807) is 12.4 Å². The summed E-state index contributed by atoms with van der Waals surface area (Å²) >= 11 is 0. The van der Waals surface area contributed by atoms with Crippen LogP contribution in [0.15, 0.2) is 182 Å². The normalized spacial score (nSPS) is 15.0. The van der Waals surface area contributed by atoms with Gasteiger partial charge < -0.3 is 9.80 Å². The molecule has 0 bridgehead atoms. The average Bonchev–Trinajstić information content (AvgIpc) is 3.25. The molecule has 0 saturated heterocycles. The molecule has 0 saturated carbocycles. The molecule has 1 unspecified atom stereocenters. The van der Waals surface area contributed by atoms with E-state index in [4.69, 9.17) is 9.97 Å². The summed E-state index contributed by atoms with van der Waals surface area (Å²) in [5.74, 6) is 0. The van der Waals surface area contributed by atoms with E-state index in [2.05, 4.69) is 194 Å². The standard InChI is InChI=1S/C50H38N4/c1-3-50(2)44-21-13-14-22-46(44)54(47-28-25-39(33-45(47)50)53(36-17-9-5-10-18-36)37-19-11-6-12-20-37)38-24-27-41-42(32-38)40-26-23-35(34-15-7-4-8-16-34)31-43(40)49-48(41)51-29-30-52-49/h4-33H,3H2,1-2H3. The van der Waals surface area contributed by atoms with Gasteiger partial charge in [-0.05, 0) is 106 Å². The molecule has 1 aromatic heterocycles. The SMILES string of the molecule is CCC1(C)c2ccccc2N(c2ccc3c(c2)c2ccc(-c4ccccc4)cc2c2nccnc32)c2ccc(N(c3ccccc3)c3ccccc3)cc21. The summed E-state index contributed by atoms with van der Waals surface area (Å²) in [4.78, 5) is 14.6. The van der Waals surface area contributed by atoms with Crippen molar-refractivity contribution < 1.29 is 0 Å². The molecule has 0 amide bonds. The van der Waals surface area contributed by atoms with Crippen molar-refractivity contribution in [2.24, 2.45) is 0 Å². The summed E-state index contributed by atoms with van der Waals surface area (Å²) < 4.78 is 0. The van der Waals surface area contributed by atoms with Crippen LogP contribution in [0.2, 0.25) is 0 Å². The number of anilines is 6. The van der Waals surface area contributed by atoms with Crippen molar-refractivity contribution in [3.8, 4) is 11.1 Å². The third kappa shape index (κ3) is 4.98. The number of aromatic nitrogens is 2. The van der Waals surface area contributed by atoms with E-state index in [1.165, 1.54) is 39.0 Å². The van der Waals surface area contributed by atoms with Gasteiger partial charge in [0.2, 0.25) is 0 Å². The van der Waals surface area contributed by atoms with Gasteiger partial charge in [0.15, 0.2) is 0 Å². The fourth-order valence-corrected chi connectivity index (χ4v) is 8.59. The fraction of sp³-hybridized carbons (Fsp3) is 0.0800. The van der Waals surface area contributed by atoms with Gasteiger partial charge in [-0.1, -0.05) is 117 Å². The lowest BCUT2D eigenvalue weighted by atomic mass is 9.70. The number of hydrogen-bond acceptors (Lipinski definition) is 4. The maximum Gasteiger partial charge on any atom is 0.0971 e. The van der Waals surface area contributed by atoms with Crippen LogP contribution in [0.3, 0.4) is 0 Å². The van der Waals surface area contributed by atoms with Gasteiger partial charge in [-0.2, -0.15) is 0 Å². The van der Waals surface area contributed by atoms with Crippen LogP contribution < -0.4 is 9.80 Å². The van der Waals surface area contributed by atoms with E-state index in [9.17, 15) is 0 Å². The molecule has 9 aromatic rings. The van der Waals surface area contributed by atoms with Crippen LogP contribution in [-0.2, 0) is 5.41 Å². The Labute approximate surface area is 315 Å². The van der Waals surface area contributed by atoms with Gasteiger partial charge in [0, 0.05) is 51.3 Å². The van der Waals surface area contributed by atoms with E-state index in [1.807, 2.05) is 0 Å². The quantitative estimate of drug-likeness (QED) is 0.162. The van der Waals surface area contributed by atoms with Gasteiger partial charge in [0.05, 0.1) is 22.4 Å². The Morgan fingerprint density at radius 1 is 0.481 bits per heavy atom. The van der Waals surface area contributed by atoms with E-state index in [0.29, 0.717) is 0 Å². The molecule has 8 aromatic carbocycles. The Morgan fingerprint density at radius 3 is 1.80 bits per heavy atom. The Bertz CT molecular complexity index is 2800. The van der Waals surface area contributed by atoms with E-state index in [-0.39, 0.29) is 5.41 Å². The number of para-hydroxylation sites is 3. The second kappa shape index (κ2) is 12.7. The Hall–Kier alpha value is -6.78. The highest BCUT2D eigenvalue weighted by molar-refractivity contribution is 6.24. The minimum atomic E-state index is -0.208. The zero-order valence-electron chi connectivity index (χ0n) is 30.3. The lowest BCUT2D eigenvalue weighted by Crippen LogP contribution is -2.32. The molecule has 4 heteroatoms. The summed E-state index contributed by atoms with van der Waals surface area (Å²) in [6, 6.07) is 61.5. The molecule has 2 heterocycles. The minimum Gasteiger partial charge on any atom is -0.310 e. The lowest BCUT2D eigenvalue weighted by molar-refractivity contribution is 0.544. The monoisotopic (exact) mass is 694 g/mol. The first kappa shape index (κ1) is 31.9. The van der Waals surface area contributed by atoms with Crippen molar-refractivity contribution in [1.29, 1.82) is 0 Å². The first-order chi connectivity index (χ1) is 26.6. The Balaban J connectivity index is 1.20. The first-order valence-electron chi connectivity index (χ1n) is 18.7. The molecule has 258 valence electrons. The summed E-state index contributed by atoms with van der Waals surface area (Å²) in [6.07, 6.45) is 4.56. The van der Waals surface area contributed by atoms with Gasteiger partial charge in [0.25, 0.3) is 0 Å². The molecule has 1 atom stereocenters. The summed E-state index contributed by atoms with van der Waals surface area (Å²) in [5.41, 5.74) is 13.5. The minimum absolute atomic E-state index is 0.208. The summed E-state index contributed by atoms with van der Waals surface area (Å²) in [5, 5.41) is 4.53. The van der Waals surface area contributed by atoms with Crippen LogP contribution in [0, 0.1) is 0 Å². The molecule has 0 radical (unpaired) electrons. The van der Waals surface area contributed by atoms with Crippen molar-refractivity contribution in [2.75, 3.05) is 9.80 Å². The van der Waals surface area contributed by atoms with Crippen molar-refractivity contribution in [2.45, 2.75) is 25.7 Å². The van der Waals surface area contributed by atoms with Crippen molar-refractivity contribution in [1.82, 2.24) is 9.97 Å². The average molecular weight is 695 g/mol. The number of hydrogen-bond donors (Lipinski definition) is 0. The predicted octanol–water partition coefficient (Wildman–Crippen LogP) is 13.6. The van der Waals surface area contributed by atoms with E-state index >= 15 is 0 Å². The van der Waals surface area contributed by atoms with E-state index in [0.717, 1.165) is 56.4 Å². The highest BCUT2D eigenvalue weighted by Gasteiger charge is 2.39. The topological polar surface area (TPSA) is 32.3 Å². The van der Waals surface area contributed by atoms with E-state index < -0.39 is 0 Å². The summed E-state index contributed by atoms with van der Waals surface area (Å²) in [7, 11) is 0.